The molecule has 3 rings (SSSR count). The molecule has 1 aromatic carbocycles. The number of benzene rings is 1. The van der Waals surface area contributed by atoms with Gasteiger partial charge in [-0.25, -0.2) is 8.42 Å². The van der Waals surface area contributed by atoms with E-state index in [1.165, 1.54) is 17.2 Å². The summed E-state index contributed by atoms with van der Waals surface area (Å²) in [5.41, 5.74) is 2.34. The summed E-state index contributed by atoms with van der Waals surface area (Å²) in [6.07, 6.45) is 3.13. The van der Waals surface area contributed by atoms with Gasteiger partial charge in [0.25, 0.3) is 0 Å². The van der Waals surface area contributed by atoms with Crippen molar-refractivity contribution in [3.63, 3.8) is 0 Å². The highest BCUT2D eigenvalue weighted by Crippen LogP contribution is 2.18. The van der Waals surface area contributed by atoms with E-state index in [0.29, 0.717) is 6.54 Å². The van der Waals surface area contributed by atoms with Crippen molar-refractivity contribution in [2.45, 2.75) is 6.54 Å². The summed E-state index contributed by atoms with van der Waals surface area (Å²) in [7, 11) is -2.87. The van der Waals surface area contributed by atoms with Crippen LogP contribution in [0.15, 0.2) is 36.5 Å². The monoisotopic (exact) mass is 333 g/mol. The van der Waals surface area contributed by atoms with Gasteiger partial charge in [-0.1, -0.05) is 18.2 Å². The van der Waals surface area contributed by atoms with Gasteiger partial charge >= 0.3 is 0 Å². The quantitative estimate of drug-likeness (QED) is 0.828. The molecule has 0 bridgehead atoms. The number of rotatable bonds is 5. The Bertz CT molecular complexity index is 763. The smallest absolute Gasteiger partial charge is 0.148 e. The van der Waals surface area contributed by atoms with Crippen molar-refractivity contribution in [1.82, 2.24) is 14.8 Å². The van der Waals surface area contributed by atoms with E-state index in [2.05, 4.69) is 33.0 Å². The van der Waals surface area contributed by atoms with Crippen LogP contribution < -0.4 is 0 Å². The lowest BCUT2D eigenvalue weighted by atomic mass is 10.1. The number of aromatic nitrogens is 1. The van der Waals surface area contributed by atoms with Crippen molar-refractivity contribution in [3.8, 4) is 0 Å². The van der Waals surface area contributed by atoms with E-state index in [9.17, 15) is 8.42 Å². The summed E-state index contributed by atoms with van der Waals surface area (Å²) in [5.74, 6) is 0.252. The number of sulfone groups is 1. The average molecular weight is 333 g/mol. The third-order valence-electron chi connectivity index (χ3n) is 4.37. The van der Waals surface area contributed by atoms with Crippen LogP contribution in [0.3, 0.4) is 0 Å². The number of hydrogen-bond acceptors (Lipinski definition) is 5. The van der Waals surface area contributed by atoms with E-state index >= 15 is 0 Å². The summed E-state index contributed by atoms with van der Waals surface area (Å²) in [5, 5.41) is 1.22. The molecule has 124 valence electrons. The molecule has 1 aliphatic rings. The Morgan fingerprint density at radius 3 is 2.52 bits per heavy atom. The maximum atomic E-state index is 11.3. The van der Waals surface area contributed by atoms with E-state index in [1.807, 2.05) is 18.3 Å². The zero-order valence-electron chi connectivity index (χ0n) is 13.5. The van der Waals surface area contributed by atoms with Gasteiger partial charge in [-0.05, 0) is 17.7 Å². The van der Waals surface area contributed by atoms with Gasteiger partial charge < -0.3 is 0 Å². The molecule has 1 aliphatic heterocycles. The fourth-order valence-electron chi connectivity index (χ4n) is 3.01. The molecule has 1 aromatic heterocycles. The number of pyridine rings is 1. The number of piperazine rings is 1. The Hall–Kier alpha value is -1.50. The predicted octanol–water partition coefficient (Wildman–Crippen LogP) is 1.40. The number of hydrogen-bond donors (Lipinski definition) is 0. The SMILES string of the molecule is CS(=O)(=O)CCN1CCN(Cc2cccc3ncccc23)CC1. The molecular formula is C17H23N3O2S. The van der Waals surface area contributed by atoms with Crippen molar-refractivity contribution in [2.24, 2.45) is 0 Å². The topological polar surface area (TPSA) is 53.5 Å². The van der Waals surface area contributed by atoms with Crippen molar-refractivity contribution in [2.75, 3.05) is 44.7 Å². The van der Waals surface area contributed by atoms with Gasteiger partial charge in [-0.15, -0.1) is 0 Å². The second-order valence-corrected chi connectivity index (χ2v) is 8.49. The van der Waals surface area contributed by atoms with Gasteiger partial charge in [0.1, 0.15) is 9.84 Å². The molecule has 0 N–H and O–H groups in total. The van der Waals surface area contributed by atoms with Crippen LogP contribution in [0.5, 0.6) is 0 Å². The van der Waals surface area contributed by atoms with Crippen LogP contribution in [0, 0.1) is 0 Å². The van der Waals surface area contributed by atoms with Crippen LogP contribution in [0.25, 0.3) is 10.9 Å². The van der Waals surface area contributed by atoms with Crippen molar-refractivity contribution in [3.05, 3.63) is 42.1 Å². The van der Waals surface area contributed by atoms with E-state index in [1.54, 1.807) is 0 Å². The van der Waals surface area contributed by atoms with Crippen LogP contribution in [-0.2, 0) is 16.4 Å². The number of fused-ring (bicyclic) bond motifs is 1. The summed E-state index contributed by atoms with van der Waals surface area (Å²) in [6.45, 7) is 5.37. The van der Waals surface area contributed by atoms with Crippen molar-refractivity contribution >= 4 is 20.7 Å². The molecule has 5 nitrogen and oxygen atoms in total. The first-order valence-corrected chi connectivity index (χ1v) is 10.0. The van der Waals surface area contributed by atoms with Crippen molar-refractivity contribution in [1.29, 1.82) is 0 Å². The van der Waals surface area contributed by atoms with E-state index in [-0.39, 0.29) is 5.75 Å². The lowest BCUT2D eigenvalue weighted by molar-refractivity contribution is 0.133. The molecule has 0 saturated carbocycles. The summed E-state index contributed by atoms with van der Waals surface area (Å²) in [4.78, 5) is 9.08. The van der Waals surface area contributed by atoms with E-state index in [0.717, 1.165) is 38.2 Å². The first-order valence-electron chi connectivity index (χ1n) is 7.96. The summed E-state index contributed by atoms with van der Waals surface area (Å²) in [6, 6.07) is 10.4. The first-order chi connectivity index (χ1) is 11.0. The predicted molar refractivity (Wildman–Crippen MR) is 93.2 cm³/mol. The minimum Gasteiger partial charge on any atom is -0.300 e. The Morgan fingerprint density at radius 1 is 1.04 bits per heavy atom. The molecule has 0 spiro atoms. The molecule has 0 radical (unpaired) electrons. The van der Waals surface area contributed by atoms with E-state index < -0.39 is 9.84 Å². The molecule has 0 amide bonds. The van der Waals surface area contributed by atoms with Crippen LogP contribution in [0.1, 0.15) is 5.56 Å². The highest BCUT2D eigenvalue weighted by molar-refractivity contribution is 7.90. The fourth-order valence-corrected chi connectivity index (χ4v) is 3.60. The molecule has 23 heavy (non-hydrogen) atoms. The van der Waals surface area contributed by atoms with Gasteiger partial charge in [-0.2, -0.15) is 0 Å². The lowest BCUT2D eigenvalue weighted by Crippen LogP contribution is -2.47. The minimum absolute atomic E-state index is 0.252. The zero-order chi connectivity index (χ0) is 16.3. The Labute approximate surface area is 137 Å². The third-order valence-corrected chi connectivity index (χ3v) is 5.30. The Morgan fingerprint density at radius 2 is 1.78 bits per heavy atom. The Balaban J connectivity index is 1.58. The standard InChI is InChI=1S/C17H23N3O2S/c1-23(21,22)13-12-19-8-10-20(11-9-19)14-15-4-2-6-17-16(15)5-3-7-18-17/h2-7H,8-14H2,1H3. The zero-order valence-corrected chi connectivity index (χ0v) is 14.3. The van der Waals surface area contributed by atoms with Crippen LogP contribution in [-0.4, -0.2) is 67.9 Å². The molecule has 0 unspecified atom stereocenters. The fraction of sp³-hybridized carbons (Fsp3) is 0.471. The van der Waals surface area contributed by atoms with Crippen LogP contribution in [0.4, 0.5) is 0 Å². The average Bonchev–Trinajstić information content (AvgIpc) is 2.54. The number of nitrogens with zero attached hydrogens (tertiary/aromatic N) is 3. The molecular weight excluding hydrogens is 310 g/mol. The van der Waals surface area contributed by atoms with Crippen LogP contribution >= 0.6 is 0 Å². The van der Waals surface area contributed by atoms with Crippen LogP contribution in [0.2, 0.25) is 0 Å². The normalized spacial score (nSPS) is 17.6. The van der Waals surface area contributed by atoms with E-state index in [4.69, 9.17) is 0 Å². The minimum atomic E-state index is -2.87. The summed E-state index contributed by atoms with van der Waals surface area (Å²) >= 11 is 0. The van der Waals surface area contributed by atoms with Gasteiger partial charge in [-0.3, -0.25) is 14.8 Å². The molecule has 0 atom stereocenters. The lowest BCUT2D eigenvalue weighted by Gasteiger charge is -2.34. The Kier molecular flexibility index (Phi) is 4.94. The van der Waals surface area contributed by atoms with Gasteiger partial charge in [0.15, 0.2) is 0 Å². The highest BCUT2D eigenvalue weighted by atomic mass is 32.2. The first kappa shape index (κ1) is 16.4. The summed E-state index contributed by atoms with van der Waals surface area (Å²) < 4.78 is 22.5. The second-order valence-electron chi connectivity index (χ2n) is 6.23. The molecule has 1 fully saturated rings. The largest absolute Gasteiger partial charge is 0.300 e. The maximum absolute atomic E-state index is 11.3. The highest BCUT2D eigenvalue weighted by Gasteiger charge is 2.18. The van der Waals surface area contributed by atoms with Crippen molar-refractivity contribution < 1.29 is 8.42 Å². The van der Waals surface area contributed by atoms with Gasteiger partial charge in [0, 0.05) is 57.1 Å². The molecule has 0 aliphatic carbocycles. The molecule has 6 heteroatoms. The second kappa shape index (κ2) is 6.95. The van der Waals surface area contributed by atoms with Gasteiger partial charge in [0.2, 0.25) is 0 Å². The van der Waals surface area contributed by atoms with Gasteiger partial charge in [0.05, 0.1) is 11.3 Å². The maximum Gasteiger partial charge on any atom is 0.148 e. The molecule has 2 aromatic rings. The third kappa shape index (κ3) is 4.50. The molecule has 2 heterocycles. The molecule has 1 saturated heterocycles.